The van der Waals surface area contributed by atoms with E-state index >= 15 is 0 Å². The molecule has 2 aromatic carbocycles. The molecule has 0 spiro atoms. The van der Waals surface area contributed by atoms with E-state index in [4.69, 9.17) is 0 Å². The Morgan fingerprint density at radius 1 is 1.05 bits per heavy atom. The van der Waals surface area contributed by atoms with Gasteiger partial charge in [0.2, 0.25) is 0 Å². The molecule has 2 aliphatic heterocycles. The van der Waals surface area contributed by atoms with E-state index in [-0.39, 0.29) is 37.1 Å². The Bertz CT molecular complexity index is 1590. The number of pyridine rings is 1. The van der Waals surface area contributed by atoms with Gasteiger partial charge in [-0.05, 0) is 74.8 Å². The number of hydrogen-bond acceptors (Lipinski definition) is 6. The van der Waals surface area contributed by atoms with Gasteiger partial charge in [-0.1, -0.05) is 12.1 Å². The summed E-state index contributed by atoms with van der Waals surface area (Å²) in [6.45, 7) is 1.56. The first-order chi connectivity index (χ1) is 20.8. The molecule has 0 aliphatic carbocycles. The number of ketones is 2. The summed E-state index contributed by atoms with van der Waals surface area (Å²) in [5, 5.41) is 5.08. The highest BCUT2D eigenvalue weighted by atomic mass is 19.4. The summed E-state index contributed by atoms with van der Waals surface area (Å²) in [4.78, 5) is 31.9. The van der Waals surface area contributed by atoms with Crippen LogP contribution in [0.1, 0.15) is 47.3 Å². The fourth-order valence-electron chi connectivity index (χ4n) is 6.18. The van der Waals surface area contributed by atoms with Gasteiger partial charge in [-0.3, -0.25) is 19.6 Å². The minimum Gasteiger partial charge on any atom is -0.306 e. The molecule has 2 unspecified atom stereocenters. The molecule has 232 valence electrons. The molecule has 44 heavy (non-hydrogen) atoms. The van der Waals surface area contributed by atoms with Crippen molar-refractivity contribution in [3.63, 3.8) is 0 Å². The zero-order valence-corrected chi connectivity index (χ0v) is 24.0. The van der Waals surface area contributed by atoms with E-state index in [1.165, 1.54) is 30.3 Å². The zero-order chi connectivity index (χ0) is 31.8. The second-order valence-electron chi connectivity index (χ2n) is 11.4. The number of likely N-dealkylation sites (tertiary alicyclic amines) is 1. The number of aromatic nitrogens is 1. The van der Waals surface area contributed by atoms with E-state index in [2.05, 4.69) is 10.1 Å². The summed E-state index contributed by atoms with van der Waals surface area (Å²) in [6.07, 6.45) is -3.02. The van der Waals surface area contributed by atoms with E-state index in [9.17, 15) is 35.9 Å². The molecule has 2 aliphatic rings. The summed E-state index contributed by atoms with van der Waals surface area (Å²) in [7, 11) is 1.74. The van der Waals surface area contributed by atoms with Crippen molar-refractivity contribution in [3.05, 3.63) is 89.0 Å². The molecular weight excluding hydrogens is 586 g/mol. The number of fused-ring (bicyclic) bond motifs is 1. The topological polar surface area (TPSA) is 65.9 Å². The van der Waals surface area contributed by atoms with Crippen molar-refractivity contribution in [2.45, 2.75) is 44.3 Å². The molecule has 0 amide bonds. The van der Waals surface area contributed by atoms with Gasteiger partial charge in [0.1, 0.15) is 23.2 Å². The summed E-state index contributed by atoms with van der Waals surface area (Å²) in [5.41, 5.74) is 0.462. The van der Waals surface area contributed by atoms with E-state index in [0.717, 1.165) is 24.3 Å². The highest BCUT2D eigenvalue weighted by Crippen LogP contribution is 2.37. The minimum atomic E-state index is -4.64. The molecule has 6 nitrogen and oxygen atoms in total. The lowest BCUT2D eigenvalue weighted by Crippen LogP contribution is -2.49. The Morgan fingerprint density at radius 3 is 2.45 bits per heavy atom. The number of Topliss-reactive ketones (excluding diaryl/α,β-unsaturated/α-hetero) is 2. The molecule has 0 saturated carbocycles. The first kappa shape index (κ1) is 31.4. The molecule has 0 bridgehead atoms. The molecule has 3 aromatic rings. The zero-order valence-electron chi connectivity index (χ0n) is 24.0. The van der Waals surface area contributed by atoms with Crippen LogP contribution in [0.3, 0.4) is 0 Å². The fourth-order valence-corrected chi connectivity index (χ4v) is 6.18. The molecule has 5 rings (SSSR count). The maximum Gasteiger partial charge on any atom is 0.431 e. The van der Waals surface area contributed by atoms with Crippen LogP contribution in [0.15, 0.2) is 59.8 Å². The molecule has 1 aromatic heterocycles. The Hall–Kier alpha value is -4.06. The molecule has 12 heteroatoms. The van der Waals surface area contributed by atoms with Gasteiger partial charge in [0.15, 0.2) is 11.6 Å². The maximum atomic E-state index is 14.3. The Balaban J connectivity index is 1.48. The van der Waals surface area contributed by atoms with Crippen molar-refractivity contribution in [1.29, 1.82) is 0 Å². The van der Waals surface area contributed by atoms with Crippen molar-refractivity contribution in [2.75, 3.05) is 26.7 Å². The van der Waals surface area contributed by atoms with Crippen LogP contribution in [-0.4, -0.2) is 71.1 Å². The van der Waals surface area contributed by atoms with Gasteiger partial charge in [0.05, 0.1) is 23.8 Å². The van der Waals surface area contributed by atoms with Gasteiger partial charge in [0, 0.05) is 42.6 Å². The van der Waals surface area contributed by atoms with Crippen LogP contribution in [0.2, 0.25) is 0 Å². The lowest BCUT2D eigenvalue weighted by Gasteiger charge is -2.36. The Morgan fingerprint density at radius 2 is 1.77 bits per heavy atom. The number of carbonyl (C=O) groups is 2. The average Bonchev–Trinajstić information content (AvgIpc) is 3.30. The summed E-state index contributed by atoms with van der Waals surface area (Å²) in [5.74, 6) is -4.90. The maximum absolute atomic E-state index is 14.3. The molecule has 0 N–H and O–H groups in total. The van der Waals surface area contributed by atoms with E-state index in [0.29, 0.717) is 29.8 Å². The second kappa shape index (κ2) is 12.5. The van der Waals surface area contributed by atoms with E-state index < -0.39 is 58.8 Å². The van der Waals surface area contributed by atoms with Crippen LogP contribution >= 0.6 is 0 Å². The number of nitrogens with zero attached hydrogens (tertiary/aromatic N) is 4. The van der Waals surface area contributed by atoms with Gasteiger partial charge in [0.25, 0.3) is 0 Å². The van der Waals surface area contributed by atoms with E-state index in [1.54, 1.807) is 24.1 Å². The summed E-state index contributed by atoms with van der Waals surface area (Å²) < 4.78 is 84.1. The van der Waals surface area contributed by atoms with Crippen molar-refractivity contribution in [2.24, 2.45) is 11.0 Å². The van der Waals surface area contributed by atoms with Gasteiger partial charge in [-0.25, -0.2) is 13.2 Å². The van der Waals surface area contributed by atoms with Crippen LogP contribution in [-0.2, 0) is 11.2 Å². The largest absolute Gasteiger partial charge is 0.431 e. The summed E-state index contributed by atoms with van der Waals surface area (Å²) in [6, 6.07) is 9.68. The first-order valence-corrected chi connectivity index (χ1v) is 14.1. The van der Waals surface area contributed by atoms with Crippen molar-refractivity contribution in [3.8, 4) is 11.1 Å². The summed E-state index contributed by atoms with van der Waals surface area (Å²) >= 11 is 0. The van der Waals surface area contributed by atoms with Crippen LogP contribution in [0.5, 0.6) is 0 Å². The molecular formula is C32H30F6N4O2. The standard InChI is InChI=1S/C32H30F6N4O2/c1-18(43)26-14-20(5-6-28(26)35)25-4-3-8-39-30(25)21(10-19-11-22(33)15-23(34)12-19)13-24(44)16-42-29-7-9-41(2)17-27(29)31(40-42)32(36,37)38/h3-6,8,11-12,14-15,21,27,29H,7,9-10,13,16-17H2,1-2H3/t21-,27?,29?/m1/s1. The van der Waals surface area contributed by atoms with Crippen molar-refractivity contribution < 1.29 is 35.9 Å². The van der Waals surface area contributed by atoms with Gasteiger partial charge in [-0.2, -0.15) is 18.3 Å². The van der Waals surface area contributed by atoms with Crippen LogP contribution in [0.4, 0.5) is 26.3 Å². The second-order valence-corrected chi connectivity index (χ2v) is 11.4. The average molecular weight is 617 g/mol. The van der Waals surface area contributed by atoms with Gasteiger partial charge < -0.3 is 4.90 Å². The van der Waals surface area contributed by atoms with Crippen molar-refractivity contribution >= 4 is 17.3 Å². The number of hydrogen-bond donors (Lipinski definition) is 0. The normalized spacial score (nSPS) is 19.5. The first-order valence-electron chi connectivity index (χ1n) is 14.1. The third kappa shape index (κ3) is 6.85. The highest BCUT2D eigenvalue weighted by Gasteiger charge is 2.51. The molecule has 3 atom stereocenters. The predicted molar refractivity (Wildman–Crippen MR) is 152 cm³/mol. The number of rotatable bonds is 9. The minimum absolute atomic E-state index is 0.0287. The number of alkyl halides is 3. The lowest BCUT2D eigenvalue weighted by molar-refractivity contribution is -0.121. The molecule has 1 fully saturated rings. The van der Waals surface area contributed by atoms with Crippen LogP contribution in [0.25, 0.3) is 11.1 Å². The van der Waals surface area contributed by atoms with Crippen LogP contribution < -0.4 is 0 Å². The number of hydrazone groups is 1. The van der Waals surface area contributed by atoms with Gasteiger partial charge in [-0.15, -0.1) is 0 Å². The lowest BCUT2D eigenvalue weighted by atomic mass is 9.86. The predicted octanol–water partition coefficient (Wildman–Crippen LogP) is 6.21. The Kier molecular flexibility index (Phi) is 8.92. The smallest absolute Gasteiger partial charge is 0.306 e. The monoisotopic (exact) mass is 616 g/mol. The highest BCUT2D eigenvalue weighted by molar-refractivity contribution is 5.96. The number of piperidine rings is 1. The van der Waals surface area contributed by atoms with Gasteiger partial charge >= 0.3 is 6.18 Å². The number of carbonyl (C=O) groups excluding carboxylic acids is 2. The molecule has 0 radical (unpaired) electrons. The molecule has 1 saturated heterocycles. The number of benzene rings is 2. The van der Waals surface area contributed by atoms with Crippen LogP contribution in [0, 0.1) is 23.4 Å². The molecule has 3 heterocycles. The quantitative estimate of drug-likeness (QED) is 0.211. The fraction of sp³-hybridized carbons (Fsp3) is 0.375. The third-order valence-electron chi connectivity index (χ3n) is 8.14. The van der Waals surface area contributed by atoms with E-state index in [1.807, 2.05) is 0 Å². The Labute approximate surface area is 250 Å². The number of halogens is 6. The third-order valence-corrected chi connectivity index (χ3v) is 8.14. The SMILES string of the molecule is CC(=O)c1cc(-c2cccnc2[C@@H](CC(=O)CN2N=C(C(F)(F)F)C3CN(C)CCC32)Cc2cc(F)cc(F)c2)ccc1F. The van der Waals surface area contributed by atoms with Crippen molar-refractivity contribution in [1.82, 2.24) is 14.9 Å².